The number of halogens is 3. The van der Waals surface area contributed by atoms with Gasteiger partial charge in [0.1, 0.15) is 12.3 Å². The van der Waals surface area contributed by atoms with E-state index in [9.17, 15) is 18.0 Å². The molecule has 0 aliphatic carbocycles. The summed E-state index contributed by atoms with van der Waals surface area (Å²) in [5, 5.41) is 0. The van der Waals surface area contributed by atoms with Gasteiger partial charge in [0.15, 0.2) is 0 Å². The summed E-state index contributed by atoms with van der Waals surface area (Å²) in [5.41, 5.74) is 1.18. The van der Waals surface area contributed by atoms with Crippen LogP contribution in [-0.4, -0.2) is 61.2 Å². The highest BCUT2D eigenvalue weighted by Crippen LogP contribution is 2.32. The van der Waals surface area contributed by atoms with Gasteiger partial charge in [-0.15, -0.1) is 0 Å². The van der Waals surface area contributed by atoms with Crippen LogP contribution in [0.5, 0.6) is 5.75 Å². The third-order valence-electron chi connectivity index (χ3n) is 4.89. The van der Waals surface area contributed by atoms with Gasteiger partial charge in [-0.3, -0.25) is 9.69 Å². The number of rotatable bonds is 4. The lowest BCUT2D eigenvalue weighted by Crippen LogP contribution is -2.43. The second kappa shape index (κ2) is 6.63. The SMILES string of the molecule is COc1ccc([C@@H]2CCN([C@@H]3CCN(CC(F)(F)F)C3=O)C2)cc1. The zero-order valence-electron chi connectivity index (χ0n) is 13.6. The van der Waals surface area contributed by atoms with Crippen molar-refractivity contribution in [2.75, 3.05) is 33.3 Å². The summed E-state index contributed by atoms with van der Waals surface area (Å²) < 4.78 is 42.7. The standard InChI is InChI=1S/C17H21F3N2O2/c1-24-14-4-2-12(3-5-14)13-6-8-21(10-13)15-7-9-22(16(15)23)11-17(18,19)20/h2-5,13,15H,6-11H2,1H3/t13-,15-/m1/s1. The largest absolute Gasteiger partial charge is 0.497 e. The van der Waals surface area contributed by atoms with E-state index in [0.717, 1.165) is 23.6 Å². The van der Waals surface area contributed by atoms with Crippen LogP contribution in [0.25, 0.3) is 0 Å². The smallest absolute Gasteiger partial charge is 0.406 e. The second-order valence-electron chi connectivity index (χ2n) is 6.43. The van der Waals surface area contributed by atoms with Crippen LogP contribution in [0, 0.1) is 0 Å². The number of hydrogen-bond donors (Lipinski definition) is 0. The minimum absolute atomic E-state index is 0.187. The van der Waals surface area contributed by atoms with Crippen molar-refractivity contribution >= 4 is 5.91 Å². The van der Waals surface area contributed by atoms with Gasteiger partial charge in [-0.25, -0.2) is 0 Å². The van der Waals surface area contributed by atoms with Gasteiger partial charge in [0.25, 0.3) is 0 Å². The molecule has 1 aromatic rings. The Morgan fingerprint density at radius 3 is 2.50 bits per heavy atom. The summed E-state index contributed by atoms with van der Waals surface area (Å²) in [6.07, 6.45) is -2.94. The number of nitrogens with zero attached hydrogens (tertiary/aromatic N) is 2. The van der Waals surface area contributed by atoms with Crippen LogP contribution in [0.4, 0.5) is 13.2 Å². The quantitative estimate of drug-likeness (QED) is 0.843. The monoisotopic (exact) mass is 342 g/mol. The zero-order valence-corrected chi connectivity index (χ0v) is 13.6. The Labute approximate surface area is 139 Å². The zero-order chi connectivity index (χ0) is 17.3. The summed E-state index contributed by atoms with van der Waals surface area (Å²) in [6, 6.07) is 7.43. The van der Waals surface area contributed by atoms with Crippen molar-refractivity contribution in [2.45, 2.75) is 31.0 Å². The first kappa shape index (κ1) is 17.1. The molecule has 0 aromatic heterocycles. The van der Waals surface area contributed by atoms with Gasteiger partial charge < -0.3 is 9.64 Å². The van der Waals surface area contributed by atoms with Crippen molar-refractivity contribution in [3.05, 3.63) is 29.8 Å². The number of benzene rings is 1. The Balaban J connectivity index is 1.60. The van der Waals surface area contributed by atoms with Gasteiger partial charge in [-0.1, -0.05) is 12.1 Å². The molecule has 2 atom stereocenters. The van der Waals surface area contributed by atoms with Crippen LogP contribution in [-0.2, 0) is 4.79 Å². The Hall–Kier alpha value is -1.76. The van der Waals surface area contributed by atoms with E-state index in [4.69, 9.17) is 4.74 Å². The van der Waals surface area contributed by atoms with E-state index in [1.165, 1.54) is 5.56 Å². The van der Waals surface area contributed by atoms with E-state index in [0.29, 0.717) is 18.9 Å². The average molecular weight is 342 g/mol. The number of carbonyl (C=O) groups is 1. The first-order valence-electron chi connectivity index (χ1n) is 8.11. The summed E-state index contributed by atoms with van der Waals surface area (Å²) in [5.74, 6) is 0.713. The minimum atomic E-state index is -4.33. The molecule has 3 rings (SSSR count). The Bertz CT molecular complexity index is 588. The maximum Gasteiger partial charge on any atom is 0.406 e. The van der Waals surface area contributed by atoms with E-state index >= 15 is 0 Å². The average Bonchev–Trinajstić information content (AvgIpc) is 3.14. The molecular formula is C17H21F3N2O2. The molecule has 0 spiro atoms. The van der Waals surface area contributed by atoms with Gasteiger partial charge in [-0.2, -0.15) is 13.2 Å². The van der Waals surface area contributed by atoms with Crippen LogP contribution in [0.2, 0.25) is 0 Å². The molecule has 132 valence electrons. The highest BCUT2D eigenvalue weighted by Gasteiger charge is 2.43. The molecule has 1 amide bonds. The van der Waals surface area contributed by atoms with Crippen LogP contribution in [0.15, 0.2) is 24.3 Å². The third kappa shape index (κ3) is 3.66. The number of alkyl halides is 3. The number of methoxy groups -OCH3 is 1. The van der Waals surface area contributed by atoms with Crippen molar-refractivity contribution in [1.82, 2.24) is 9.80 Å². The second-order valence-corrected chi connectivity index (χ2v) is 6.43. The van der Waals surface area contributed by atoms with Crippen molar-refractivity contribution < 1.29 is 22.7 Å². The van der Waals surface area contributed by atoms with E-state index in [1.807, 2.05) is 29.2 Å². The number of hydrogen-bond acceptors (Lipinski definition) is 3. The molecule has 7 heteroatoms. The summed E-state index contributed by atoms with van der Waals surface area (Å²) in [4.78, 5) is 15.2. The first-order valence-corrected chi connectivity index (χ1v) is 8.11. The lowest BCUT2D eigenvalue weighted by atomic mass is 9.98. The fraction of sp³-hybridized carbons (Fsp3) is 0.588. The van der Waals surface area contributed by atoms with E-state index in [1.54, 1.807) is 7.11 Å². The molecular weight excluding hydrogens is 321 g/mol. The van der Waals surface area contributed by atoms with Crippen LogP contribution < -0.4 is 4.74 Å². The molecule has 0 N–H and O–H groups in total. The highest BCUT2D eigenvalue weighted by molar-refractivity contribution is 5.84. The first-order chi connectivity index (χ1) is 11.4. The molecule has 4 nitrogen and oxygen atoms in total. The Morgan fingerprint density at radius 1 is 1.17 bits per heavy atom. The van der Waals surface area contributed by atoms with E-state index < -0.39 is 18.8 Å². The molecule has 2 saturated heterocycles. The van der Waals surface area contributed by atoms with Crippen LogP contribution >= 0.6 is 0 Å². The maximum atomic E-state index is 12.5. The van der Waals surface area contributed by atoms with Gasteiger partial charge in [-0.05, 0) is 43.0 Å². The molecule has 0 saturated carbocycles. The predicted molar refractivity (Wildman–Crippen MR) is 83.0 cm³/mol. The van der Waals surface area contributed by atoms with Crippen molar-refractivity contribution in [3.8, 4) is 5.75 Å². The number of amides is 1. The number of carbonyl (C=O) groups excluding carboxylic acids is 1. The maximum absolute atomic E-state index is 12.5. The van der Waals surface area contributed by atoms with Gasteiger partial charge in [0.05, 0.1) is 13.2 Å². The topological polar surface area (TPSA) is 32.8 Å². The Kier molecular flexibility index (Phi) is 4.71. The van der Waals surface area contributed by atoms with Crippen molar-refractivity contribution in [1.29, 1.82) is 0 Å². The molecule has 24 heavy (non-hydrogen) atoms. The minimum Gasteiger partial charge on any atom is -0.497 e. The van der Waals surface area contributed by atoms with E-state index in [2.05, 4.69) is 0 Å². The predicted octanol–water partition coefficient (Wildman–Crippen LogP) is 2.65. The number of likely N-dealkylation sites (tertiary alicyclic amines) is 2. The van der Waals surface area contributed by atoms with Crippen LogP contribution in [0.3, 0.4) is 0 Å². The van der Waals surface area contributed by atoms with Gasteiger partial charge in [0, 0.05) is 13.1 Å². The normalized spacial score (nSPS) is 25.5. The summed E-state index contributed by atoms with van der Waals surface area (Å²) in [7, 11) is 1.62. The molecule has 2 fully saturated rings. The third-order valence-corrected chi connectivity index (χ3v) is 4.89. The summed E-state index contributed by atoms with van der Waals surface area (Å²) >= 11 is 0. The van der Waals surface area contributed by atoms with Gasteiger partial charge >= 0.3 is 6.18 Å². The van der Waals surface area contributed by atoms with Gasteiger partial charge in [0.2, 0.25) is 5.91 Å². The fourth-order valence-electron chi connectivity index (χ4n) is 3.65. The molecule has 1 aromatic carbocycles. The molecule has 0 radical (unpaired) electrons. The lowest BCUT2D eigenvalue weighted by molar-refractivity contribution is -0.159. The summed E-state index contributed by atoms with van der Waals surface area (Å²) in [6.45, 7) is 0.500. The lowest BCUT2D eigenvalue weighted by Gasteiger charge is -2.24. The van der Waals surface area contributed by atoms with E-state index in [-0.39, 0.29) is 12.5 Å². The van der Waals surface area contributed by atoms with Crippen molar-refractivity contribution in [2.24, 2.45) is 0 Å². The highest BCUT2D eigenvalue weighted by atomic mass is 19.4. The molecule has 0 bridgehead atoms. The van der Waals surface area contributed by atoms with Crippen LogP contribution in [0.1, 0.15) is 24.3 Å². The molecule has 0 unspecified atom stereocenters. The number of ether oxygens (including phenoxy) is 1. The molecule has 2 aliphatic rings. The Morgan fingerprint density at radius 2 is 1.88 bits per heavy atom. The fourth-order valence-corrected chi connectivity index (χ4v) is 3.65. The molecule has 2 aliphatic heterocycles. The molecule has 2 heterocycles. The van der Waals surface area contributed by atoms with Crippen molar-refractivity contribution in [3.63, 3.8) is 0 Å².